The van der Waals surface area contributed by atoms with Gasteiger partial charge in [-0.15, -0.1) is 10.5 Å². The van der Waals surface area contributed by atoms with Gasteiger partial charge in [0.25, 0.3) is 12.5 Å². The molecule has 1 heterocycles. The summed E-state index contributed by atoms with van der Waals surface area (Å²) < 4.78 is 9.60. The van der Waals surface area contributed by atoms with Gasteiger partial charge in [-0.1, -0.05) is 0 Å². The molecule has 1 aliphatic rings. The third-order valence-electron chi connectivity index (χ3n) is 2.78. The molecule has 1 aliphatic heterocycles. The first-order valence-corrected chi connectivity index (χ1v) is 5.21. The molecule has 86 valence electrons. The first-order valence-electron chi connectivity index (χ1n) is 5.21. The van der Waals surface area contributed by atoms with Gasteiger partial charge in [-0.3, -0.25) is 0 Å². The Morgan fingerprint density at radius 2 is 1.71 bits per heavy atom. The second kappa shape index (κ2) is 4.73. The minimum atomic E-state index is 0.295. The molecule has 1 aromatic rings. The number of ether oxygens (including phenoxy) is 2. The molecule has 0 saturated carbocycles. The Hall–Kier alpha value is -2.24. The van der Waals surface area contributed by atoms with Gasteiger partial charge in [-0.2, -0.15) is 0 Å². The van der Waals surface area contributed by atoms with Gasteiger partial charge in [0, 0.05) is 13.1 Å². The van der Waals surface area contributed by atoms with Gasteiger partial charge in [0.15, 0.2) is 11.5 Å². The number of rotatable bonds is 2. The standard InChI is InChI=1S/C12H11N3O2/c1-15-3-2-9-4-11(16-7-13)12(17-8-14)5-10(9)6-15/h4-5H,2-3,6H2,1H3. The van der Waals surface area contributed by atoms with Crippen LogP contribution in [0.4, 0.5) is 0 Å². The highest BCUT2D eigenvalue weighted by Gasteiger charge is 2.18. The number of hydrogen-bond acceptors (Lipinski definition) is 5. The Morgan fingerprint density at radius 3 is 2.29 bits per heavy atom. The number of benzene rings is 1. The maximum absolute atomic E-state index is 8.55. The highest BCUT2D eigenvalue weighted by Crippen LogP contribution is 2.33. The average Bonchev–Trinajstić information content (AvgIpc) is 2.31. The molecule has 0 aromatic heterocycles. The number of nitrogens with zero attached hydrogens (tertiary/aromatic N) is 3. The molecular formula is C12H11N3O2. The third-order valence-corrected chi connectivity index (χ3v) is 2.78. The summed E-state index contributed by atoms with van der Waals surface area (Å²) in [5, 5.41) is 17.1. The van der Waals surface area contributed by atoms with Crippen molar-refractivity contribution in [3.05, 3.63) is 23.3 Å². The first-order chi connectivity index (χ1) is 8.24. The fourth-order valence-electron chi connectivity index (χ4n) is 1.96. The summed E-state index contributed by atoms with van der Waals surface area (Å²) in [5.74, 6) is 0.598. The van der Waals surface area contributed by atoms with Crippen LogP contribution in [0.5, 0.6) is 11.5 Å². The second-order valence-corrected chi connectivity index (χ2v) is 3.94. The number of nitriles is 2. The Labute approximate surface area is 99.4 Å². The van der Waals surface area contributed by atoms with Crippen LogP contribution in [0.2, 0.25) is 0 Å². The van der Waals surface area contributed by atoms with E-state index in [1.807, 2.05) is 7.05 Å². The Morgan fingerprint density at radius 1 is 1.12 bits per heavy atom. The van der Waals surface area contributed by atoms with Gasteiger partial charge in [0.2, 0.25) is 0 Å². The van der Waals surface area contributed by atoms with Gasteiger partial charge in [-0.05, 0) is 36.7 Å². The van der Waals surface area contributed by atoms with Gasteiger partial charge in [-0.25, -0.2) is 0 Å². The fraction of sp³-hybridized carbons (Fsp3) is 0.333. The van der Waals surface area contributed by atoms with Crippen molar-refractivity contribution in [2.45, 2.75) is 13.0 Å². The minimum absolute atomic E-state index is 0.295. The van der Waals surface area contributed by atoms with Gasteiger partial charge >= 0.3 is 0 Å². The van der Waals surface area contributed by atoms with Crippen LogP contribution in [0.3, 0.4) is 0 Å². The van der Waals surface area contributed by atoms with E-state index in [9.17, 15) is 0 Å². The summed E-state index contributed by atoms with van der Waals surface area (Å²) >= 11 is 0. The lowest BCUT2D eigenvalue weighted by Gasteiger charge is -2.25. The van der Waals surface area contributed by atoms with E-state index in [1.54, 1.807) is 24.6 Å². The van der Waals surface area contributed by atoms with Crippen LogP contribution < -0.4 is 9.47 Å². The molecule has 5 heteroatoms. The first kappa shape index (κ1) is 11.3. The molecule has 0 N–H and O–H groups in total. The Balaban J connectivity index is 2.42. The monoisotopic (exact) mass is 229 g/mol. The van der Waals surface area contributed by atoms with Crippen LogP contribution in [0.1, 0.15) is 11.1 Å². The summed E-state index contributed by atoms with van der Waals surface area (Å²) in [6.07, 6.45) is 4.10. The molecule has 0 aliphatic carbocycles. The molecule has 1 aromatic carbocycles. The largest absolute Gasteiger partial charge is 0.384 e. The van der Waals surface area contributed by atoms with Gasteiger partial charge < -0.3 is 14.4 Å². The van der Waals surface area contributed by atoms with E-state index < -0.39 is 0 Å². The number of fused-ring (bicyclic) bond motifs is 1. The number of hydrogen-bond donors (Lipinski definition) is 0. The van der Waals surface area contributed by atoms with Crippen LogP contribution in [-0.4, -0.2) is 18.5 Å². The molecule has 0 unspecified atom stereocenters. The second-order valence-electron chi connectivity index (χ2n) is 3.94. The van der Waals surface area contributed by atoms with Crippen molar-refractivity contribution in [3.63, 3.8) is 0 Å². The SMILES string of the molecule is CN1CCc2cc(OC#N)c(OC#N)cc2C1. The predicted octanol–water partition coefficient (Wildman–Crippen LogP) is 1.39. The lowest BCUT2D eigenvalue weighted by Crippen LogP contribution is -2.26. The van der Waals surface area contributed by atoms with Crippen molar-refractivity contribution >= 4 is 0 Å². The highest BCUT2D eigenvalue weighted by molar-refractivity contribution is 5.49. The molecule has 0 spiro atoms. The van der Waals surface area contributed by atoms with E-state index in [4.69, 9.17) is 20.0 Å². The quantitative estimate of drug-likeness (QED) is 0.717. The molecule has 0 atom stereocenters. The fourth-order valence-corrected chi connectivity index (χ4v) is 1.96. The minimum Gasteiger partial charge on any atom is -0.384 e. The predicted molar refractivity (Wildman–Crippen MR) is 59.0 cm³/mol. The van der Waals surface area contributed by atoms with Crippen molar-refractivity contribution in [2.75, 3.05) is 13.6 Å². The molecule has 0 radical (unpaired) electrons. The van der Waals surface area contributed by atoms with Crippen molar-refractivity contribution in [1.82, 2.24) is 4.90 Å². The van der Waals surface area contributed by atoms with Gasteiger partial charge in [0.1, 0.15) is 0 Å². The maximum Gasteiger partial charge on any atom is 0.292 e. The summed E-state index contributed by atoms with van der Waals surface area (Å²) in [4.78, 5) is 2.18. The van der Waals surface area contributed by atoms with Crippen molar-refractivity contribution in [2.24, 2.45) is 0 Å². The maximum atomic E-state index is 8.55. The molecule has 0 fully saturated rings. The van der Waals surface area contributed by atoms with Crippen LogP contribution in [-0.2, 0) is 13.0 Å². The molecular weight excluding hydrogens is 218 g/mol. The average molecular weight is 229 g/mol. The van der Waals surface area contributed by atoms with E-state index >= 15 is 0 Å². The molecule has 17 heavy (non-hydrogen) atoms. The normalized spacial score (nSPS) is 14.3. The zero-order chi connectivity index (χ0) is 12.3. The van der Waals surface area contributed by atoms with Crippen LogP contribution in [0.25, 0.3) is 0 Å². The zero-order valence-electron chi connectivity index (χ0n) is 9.43. The van der Waals surface area contributed by atoms with E-state index in [0.717, 1.165) is 30.6 Å². The summed E-state index contributed by atoms with van der Waals surface area (Å²) in [7, 11) is 2.04. The lowest BCUT2D eigenvalue weighted by atomic mass is 9.99. The van der Waals surface area contributed by atoms with Crippen LogP contribution in [0.15, 0.2) is 12.1 Å². The summed E-state index contributed by atoms with van der Waals surface area (Å²) in [5.41, 5.74) is 2.24. The van der Waals surface area contributed by atoms with Crippen LogP contribution >= 0.6 is 0 Å². The van der Waals surface area contributed by atoms with Gasteiger partial charge in [0.05, 0.1) is 0 Å². The molecule has 0 saturated heterocycles. The van der Waals surface area contributed by atoms with Crippen molar-refractivity contribution in [1.29, 1.82) is 10.5 Å². The molecule has 0 amide bonds. The van der Waals surface area contributed by atoms with E-state index in [-0.39, 0.29) is 0 Å². The lowest BCUT2D eigenvalue weighted by molar-refractivity contribution is 0.311. The Bertz CT molecular complexity index is 514. The summed E-state index contributed by atoms with van der Waals surface area (Å²) in [6, 6.07) is 3.54. The van der Waals surface area contributed by atoms with Crippen LogP contribution in [0, 0.1) is 23.0 Å². The smallest absolute Gasteiger partial charge is 0.292 e. The highest BCUT2D eigenvalue weighted by atomic mass is 16.5. The molecule has 5 nitrogen and oxygen atoms in total. The zero-order valence-corrected chi connectivity index (χ0v) is 9.43. The molecule has 0 bridgehead atoms. The topological polar surface area (TPSA) is 69.3 Å². The third kappa shape index (κ3) is 2.30. The summed E-state index contributed by atoms with van der Waals surface area (Å²) in [6.45, 7) is 1.78. The van der Waals surface area contributed by atoms with E-state index in [2.05, 4.69) is 4.90 Å². The van der Waals surface area contributed by atoms with E-state index in [0.29, 0.717) is 11.5 Å². The van der Waals surface area contributed by atoms with E-state index in [1.165, 1.54) is 0 Å². The van der Waals surface area contributed by atoms with Crippen molar-refractivity contribution < 1.29 is 9.47 Å². The number of likely N-dealkylation sites (N-methyl/N-ethyl adjacent to an activating group) is 1. The molecule has 2 rings (SSSR count). The van der Waals surface area contributed by atoms with Crippen molar-refractivity contribution in [3.8, 4) is 24.0 Å². The Kier molecular flexibility index (Phi) is 3.13.